The number of carboxylic acids is 1. The van der Waals surface area contributed by atoms with Gasteiger partial charge >= 0.3 is 5.97 Å². The molecule has 0 radical (unpaired) electrons. The minimum atomic E-state index is -0.851. The maximum absolute atomic E-state index is 11.3. The standard InChI is InChI=1S/C14H20O5/c1-5-6-10(14(15)16)9-7-11(17-2)13(19-4)12(8-9)18-3/h7-8,10H,5-6H2,1-4H3,(H,15,16)/t10-/m0/s1. The largest absolute Gasteiger partial charge is 0.493 e. The van der Waals surface area contributed by atoms with E-state index in [4.69, 9.17) is 14.2 Å². The fourth-order valence-corrected chi connectivity index (χ4v) is 2.02. The zero-order chi connectivity index (χ0) is 14.4. The molecule has 1 aromatic carbocycles. The first-order valence-electron chi connectivity index (χ1n) is 6.11. The summed E-state index contributed by atoms with van der Waals surface area (Å²) in [6, 6.07) is 3.38. The Kier molecular flexibility index (Phi) is 5.48. The number of hydrogen-bond acceptors (Lipinski definition) is 4. The van der Waals surface area contributed by atoms with E-state index in [2.05, 4.69) is 0 Å². The molecule has 0 aliphatic rings. The lowest BCUT2D eigenvalue weighted by Crippen LogP contribution is -2.12. The fraction of sp³-hybridized carbons (Fsp3) is 0.500. The fourth-order valence-electron chi connectivity index (χ4n) is 2.02. The van der Waals surface area contributed by atoms with Crippen LogP contribution in [0.15, 0.2) is 12.1 Å². The summed E-state index contributed by atoms with van der Waals surface area (Å²) in [7, 11) is 4.54. The van der Waals surface area contributed by atoms with Crippen LogP contribution in [0.3, 0.4) is 0 Å². The molecule has 0 amide bonds. The molecule has 0 aliphatic heterocycles. The Morgan fingerprint density at radius 2 is 1.68 bits per heavy atom. The zero-order valence-corrected chi connectivity index (χ0v) is 11.7. The molecule has 1 atom stereocenters. The molecule has 19 heavy (non-hydrogen) atoms. The third kappa shape index (κ3) is 3.30. The predicted octanol–water partition coefficient (Wildman–Crippen LogP) is 2.68. The highest BCUT2D eigenvalue weighted by Gasteiger charge is 2.23. The summed E-state index contributed by atoms with van der Waals surface area (Å²) >= 11 is 0. The lowest BCUT2D eigenvalue weighted by Gasteiger charge is -2.17. The molecule has 106 valence electrons. The number of aliphatic carboxylic acids is 1. The van der Waals surface area contributed by atoms with Gasteiger partial charge in [0.15, 0.2) is 11.5 Å². The van der Waals surface area contributed by atoms with E-state index in [-0.39, 0.29) is 0 Å². The van der Waals surface area contributed by atoms with E-state index < -0.39 is 11.9 Å². The monoisotopic (exact) mass is 268 g/mol. The number of rotatable bonds is 7. The van der Waals surface area contributed by atoms with Crippen LogP contribution >= 0.6 is 0 Å². The summed E-state index contributed by atoms with van der Waals surface area (Å²) in [5.74, 6) is -0.0115. The van der Waals surface area contributed by atoms with Gasteiger partial charge in [-0.25, -0.2) is 0 Å². The van der Waals surface area contributed by atoms with Gasteiger partial charge in [-0.1, -0.05) is 13.3 Å². The Hall–Kier alpha value is -1.91. The van der Waals surface area contributed by atoms with Crippen LogP contribution in [0.5, 0.6) is 17.2 Å². The molecule has 0 saturated carbocycles. The highest BCUT2D eigenvalue weighted by Crippen LogP contribution is 2.40. The number of methoxy groups -OCH3 is 3. The second kappa shape index (κ2) is 6.87. The van der Waals surface area contributed by atoms with E-state index in [0.717, 1.165) is 6.42 Å². The van der Waals surface area contributed by atoms with Crippen molar-refractivity contribution in [3.05, 3.63) is 17.7 Å². The van der Waals surface area contributed by atoms with Gasteiger partial charge in [0.1, 0.15) is 0 Å². The van der Waals surface area contributed by atoms with Crippen LogP contribution in [0.1, 0.15) is 31.2 Å². The first kappa shape index (κ1) is 15.1. The predicted molar refractivity (Wildman–Crippen MR) is 71.4 cm³/mol. The molecule has 0 aromatic heterocycles. The van der Waals surface area contributed by atoms with Gasteiger partial charge in [0.2, 0.25) is 5.75 Å². The van der Waals surface area contributed by atoms with Gasteiger partial charge in [-0.05, 0) is 24.1 Å². The smallest absolute Gasteiger partial charge is 0.310 e. The van der Waals surface area contributed by atoms with Crippen molar-refractivity contribution in [2.75, 3.05) is 21.3 Å². The molecular formula is C14H20O5. The van der Waals surface area contributed by atoms with E-state index in [1.165, 1.54) is 21.3 Å². The van der Waals surface area contributed by atoms with Crippen LogP contribution in [0, 0.1) is 0 Å². The summed E-state index contributed by atoms with van der Waals surface area (Å²) in [6.45, 7) is 1.95. The summed E-state index contributed by atoms with van der Waals surface area (Å²) in [5, 5.41) is 9.30. The minimum Gasteiger partial charge on any atom is -0.493 e. The van der Waals surface area contributed by atoms with Gasteiger partial charge in [-0.15, -0.1) is 0 Å². The Bertz CT molecular complexity index is 416. The lowest BCUT2D eigenvalue weighted by molar-refractivity contribution is -0.139. The SMILES string of the molecule is CCC[C@H](C(=O)O)c1cc(OC)c(OC)c(OC)c1. The first-order chi connectivity index (χ1) is 9.08. The number of ether oxygens (including phenoxy) is 3. The molecule has 0 saturated heterocycles. The summed E-state index contributed by atoms with van der Waals surface area (Å²) < 4.78 is 15.7. The zero-order valence-electron chi connectivity index (χ0n) is 11.7. The van der Waals surface area contributed by atoms with Crippen molar-refractivity contribution in [3.63, 3.8) is 0 Å². The highest BCUT2D eigenvalue weighted by molar-refractivity contribution is 5.77. The van der Waals surface area contributed by atoms with E-state index in [1.807, 2.05) is 6.92 Å². The van der Waals surface area contributed by atoms with Crippen LogP contribution in [0.4, 0.5) is 0 Å². The Morgan fingerprint density at radius 3 is 2.00 bits per heavy atom. The highest BCUT2D eigenvalue weighted by atomic mass is 16.5. The molecule has 0 aliphatic carbocycles. The Balaban J connectivity index is 3.31. The molecule has 0 unspecified atom stereocenters. The molecule has 0 fully saturated rings. The third-order valence-corrected chi connectivity index (χ3v) is 2.96. The Labute approximate surface area is 113 Å². The van der Waals surface area contributed by atoms with Crippen molar-refractivity contribution in [1.82, 2.24) is 0 Å². The second-order valence-corrected chi connectivity index (χ2v) is 4.14. The van der Waals surface area contributed by atoms with Crippen molar-refractivity contribution >= 4 is 5.97 Å². The average Bonchev–Trinajstić information content (AvgIpc) is 2.42. The topological polar surface area (TPSA) is 65.0 Å². The molecule has 0 bridgehead atoms. The third-order valence-electron chi connectivity index (χ3n) is 2.96. The molecule has 0 spiro atoms. The average molecular weight is 268 g/mol. The molecular weight excluding hydrogens is 248 g/mol. The van der Waals surface area contributed by atoms with Gasteiger partial charge in [0.05, 0.1) is 27.2 Å². The van der Waals surface area contributed by atoms with Gasteiger partial charge in [0.25, 0.3) is 0 Å². The molecule has 1 rings (SSSR count). The molecule has 0 heterocycles. The Morgan fingerprint density at radius 1 is 1.16 bits per heavy atom. The van der Waals surface area contributed by atoms with Crippen LogP contribution in [0.25, 0.3) is 0 Å². The normalized spacial score (nSPS) is 11.8. The van der Waals surface area contributed by atoms with Crippen LogP contribution < -0.4 is 14.2 Å². The molecule has 5 heteroatoms. The maximum atomic E-state index is 11.3. The second-order valence-electron chi connectivity index (χ2n) is 4.14. The van der Waals surface area contributed by atoms with Gasteiger partial charge in [-0.2, -0.15) is 0 Å². The van der Waals surface area contributed by atoms with E-state index in [0.29, 0.717) is 29.2 Å². The summed E-state index contributed by atoms with van der Waals surface area (Å²) in [5.41, 5.74) is 0.656. The number of carbonyl (C=O) groups is 1. The van der Waals surface area contributed by atoms with Crippen LogP contribution in [-0.4, -0.2) is 32.4 Å². The van der Waals surface area contributed by atoms with E-state index in [9.17, 15) is 9.90 Å². The van der Waals surface area contributed by atoms with Crippen molar-refractivity contribution < 1.29 is 24.1 Å². The van der Waals surface area contributed by atoms with Crippen LogP contribution in [0.2, 0.25) is 0 Å². The molecule has 1 N–H and O–H groups in total. The van der Waals surface area contributed by atoms with Crippen LogP contribution in [-0.2, 0) is 4.79 Å². The van der Waals surface area contributed by atoms with Gasteiger partial charge in [0, 0.05) is 0 Å². The summed E-state index contributed by atoms with van der Waals surface area (Å²) in [6.07, 6.45) is 1.35. The number of hydrogen-bond donors (Lipinski definition) is 1. The summed E-state index contributed by atoms with van der Waals surface area (Å²) in [4.78, 5) is 11.3. The number of carboxylic acid groups (broad SMARTS) is 1. The van der Waals surface area contributed by atoms with E-state index >= 15 is 0 Å². The van der Waals surface area contributed by atoms with Gasteiger partial charge in [-0.3, -0.25) is 4.79 Å². The van der Waals surface area contributed by atoms with Crippen molar-refractivity contribution in [2.45, 2.75) is 25.7 Å². The van der Waals surface area contributed by atoms with Crippen molar-refractivity contribution in [3.8, 4) is 17.2 Å². The maximum Gasteiger partial charge on any atom is 0.310 e. The number of benzene rings is 1. The quantitative estimate of drug-likeness (QED) is 0.823. The molecule has 5 nitrogen and oxygen atoms in total. The first-order valence-corrected chi connectivity index (χ1v) is 6.11. The molecule has 1 aromatic rings. The van der Waals surface area contributed by atoms with Crippen molar-refractivity contribution in [2.24, 2.45) is 0 Å². The minimum absolute atomic E-state index is 0.467. The lowest BCUT2D eigenvalue weighted by atomic mass is 9.94. The van der Waals surface area contributed by atoms with Gasteiger partial charge < -0.3 is 19.3 Å². The van der Waals surface area contributed by atoms with Crippen molar-refractivity contribution in [1.29, 1.82) is 0 Å². The van der Waals surface area contributed by atoms with E-state index in [1.54, 1.807) is 12.1 Å².